The molecule has 6 heteroatoms. The highest BCUT2D eigenvalue weighted by molar-refractivity contribution is 9.10. The average Bonchev–Trinajstić information content (AvgIpc) is 2.61. The van der Waals surface area contributed by atoms with Crippen molar-refractivity contribution < 1.29 is 4.79 Å². The number of benzene rings is 2. The maximum Gasteiger partial charge on any atom is 0.272 e. The van der Waals surface area contributed by atoms with E-state index in [1.807, 2.05) is 24.3 Å². The first-order valence-corrected chi connectivity index (χ1v) is 8.69. The van der Waals surface area contributed by atoms with Crippen LogP contribution in [0.1, 0.15) is 29.9 Å². The molecule has 3 aromatic rings. The molecule has 0 aliphatic rings. The predicted molar refractivity (Wildman–Crippen MR) is 102 cm³/mol. The molecule has 0 unspecified atom stereocenters. The molecule has 0 atom stereocenters. The second-order valence-electron chi connectivity index (χ2n) is 6.52. The van der Waals surface area contributed by atoms with E-state index >= 15 is 0 Å². The van der Waals surface area contributed by atoms with Gasteiger partial charge in [-0.1, -0.05) is 60.1 Å². The number of fused-ring (bicyclic) bond motifs is 1. The molecular weight excluding hydrogens is 382 g/mol. The molecule has 0 saturated heterocycles. The molecule has 1 heterocycles. The third-order valence-electron chi connectivity index (χ3n) is 4.23. The SMILES string of the molecule is CC(C)(CNC(=O)c1n[nH]c(=O)c2ccccc12)c1ccc(Br)cc1. The number of aromatic nitrogens is 2. The van der Waals surface area contributed by atoms with Gasteiger partial charge in [-0.05, 0) is 23.8 Å². The number of carbonyl (C=O) groups is 1. The largest absolute Gasteiger partial charge is 0.350 e. The molecular formula is C19H18BrN3O2. The van der Waals surface area contributed by atoms with Crippen LogP contribution in [0.3, 0.4) is 0 Å². The molecule has 0 aliphatic heterocycles. The van der Waals surface area contributed by atoms with E-state index in [0.29, 0.717) is 17.3 Å². The van der Waals surface area contributed by atoms with Gasteiger partial charge >= 0.3 is 0 Å². The Morgan fingerprint density at radius 2 is 1.76 bits per heavy atom. The Morgan fingerprint density at radius 3 is 2.44 bits per heavy atom. The van der Waals surface area contributed by atoms with E-state index in [2.05, 4.69) is 45.3 Å². The Hall–Kier alpha value is -2.47. The van der Waals surface area contributed by atoms with Crippen LogP contribution < -0.4 is 10.9 Å². The first-order chi connectivity index (χ1) is 11.9. The van der Waals surface area contributed by atoms with Crippen LogP contribution in [-0.4, -0.2) is 22.6 Å². The van der Waals surface area contributed by atoms with E-state index in [1.165, 1.54) is 0 Å². The summed E-state index contributed by atoms with van der Waals surface area (Å²) in [5.74, 6) is -0.308. The minimum Gasteiger partial charge on any atom is -0.350 e. The van der Waals surface area contributed by atoms with Gasteiger partial charge in [-0.3, -0.25) is 9.59 Å². The van der Waals surface area contributed by atoms with Crippen molar-refractivity contribution in [3.8, 4) is 0 Å². The summed E-state index contributed by atoms with van der Waals surface area (Å²) in [5.41, 5.74) is 0.799. The van der Waals surface area contributed by atoms with Crippen LogP contribution in [0.5, 0.6) is 0 Å². The third kappa shape index (κ3) is 3.64. The minimum atomic E-state index is -0.308. The van der Waals surface area contributed by atoms with Gasteiger partial charge in [0.15, 0.2) is 5.69 Å². The van der Waals surface area contributed by atoms with E-state index in [9.17, 15) is 9.59 Å². The highest BCUT2D eigenvalue weighted by Crippen LogP contribution is 2.24. The molecule has 2 N–H and O–H groups in total. The number of nitrogens with one attached hydrogen (secondary N) is 2. The van der Waals surface area contributed by atoms with E-state index in [1.54, 1.807) is 24.3 Å². The summed E-state index contributed by atoms with van der Waals surface area (Å²) in [6, 6.07) is 15.0. The van der Waals surface area contributed by atoms with Crippen molar-refractivity contribution in [2.24, 2.45) is 0 Å². The average molecular weight is 400 g/mol. The second-order valence-corrected chi connectivity index (χ2v) is 7.44. The summed E-state index contributed by atoms with van der Waals surface area (Å²) in [6.07, 6.45) is 0. The molecule has 2 aromatic carbocycles. The monoisotopic (exact) mass is 399 g/mol. The van der Waals surface area contributed by atoms with Crippen molar-refractivity contribution in [2.45, 2.75) is 19.3 Å². The predicted octanol–water partition coefficient (Wildman–Crippen LogP) is 3.39. The van der Waals surface area contributed by atoms with Gasteiger partial charge in [-0.2, -0.15) is 5.10 Å². The third-order valence-corrected chi connectivity index (χ3v) is 4.76. The highest BCUT2D eigenvalue weighted by Gasteiger charge is 2.23. The maximum absolute atomic E-state index is 12.6. The summed E-state index contributed by atoms with van der Waals surface area (Å²) < 4.78 is 1.01. The maximum atomic E-state index is 12.6. The summed E-state index contributed by atoms with van der Waals surface area (Å²) in [6.45, 7) is 4.58. The van der Waals surface area contributed by atoms with Crippen molar-refractivity contribution >= 4 is 32.6 Å². The van der Waals surface area contributed by atoms with Crippen molar-refractivity contribution in [2.75, 3.05) is 6.54 Å². The molecule has 0 spiro atoms. The molecule has 1 aromatic heterocycles. The number of hydrogen-bond donors (Lipinski definition) is 2. The number of carbonyl (C=O) groups excluding carboxylic acids is 1. The molecule has 0 aliphatic carbocycles. The Morgan fingerprint density at radius 1 is 1.12 bits per heavy atom. The number of hydrogen-bond acceptors (Lipinski definition) is 3. The fourth-order valence-electron chi connectivity index (χ4n) is 2.68. The highest BCUT2D eigenvalue weighted by atomic mass is 79.9. The molecule has 0 saturated carbocycles. The first-order valence-electron chi connectivity index (χ1n) is 7.90. The van der Waals surface area contributed by atoms with Gasteiger partial charge in [0.2, 0.25) is 0 Å². The van der Waals surface area contributed by atoms with E-state index in [0.717, 1.165) is 10.0 Å². The van der Waals surface area contributed by atoms with Crippen molar-refractivity contribution in [1.82, 2.24) is 15.5 Å². The molecule has 0 fully saturated rings. The fraction of sp³-hybridized carbons (Fsp3) is 0.211. The molecule has 128 valence electrons. The van der Waals surface area contributed by atoms with E-state index in [4.69, 9.17) is 0 Å². The fourth-order valence-corrected chi connectivity index (χ4v) is 2.94. The minimum absolute atomic E-state index is 0.224. The van der Waals surface area contributed by atoms with Gasteiger partial charge in [0.25, 0.3) is 11.5 Å². The van der Waals surface area contributed by atoms with Crippen LogP contribution in [0.4, 0.5) is 0 Å². The lowest BCUT2D eigenvalue weighted by Crippen LogP contribution is -2.37. The van der Waals surface area contributed by atoms with Crippen molar-refractivity contribution in [1.29, 1.82) is 0 Å². The van der Waals surface area contributed by atoms with E-state index < -0.39 is 0 Å². The standard InChI is InChI=1S/C19H18BrN3O2/c1-19(2,12-7-9-13(20)10-8-12)11-21-18(25)16-14-5-3-4-6-15(14)17(24)23-22-16/h3-10H,11H2,1-2H3,(H,21,25)(H,23,24). The molecule has 0 radical (unpaired) electrons. The van der Waals surface area contributed by atoms with Gasteiger partial charge in [0, 0.05) is 21.8 Å². The number of halogens is 1. The summed E-state index contributed by atoms with van der Waals surface area (Å²) in [4.78, 5) is 24.4. The summed E-state index contributed by atoms with van der Waals surface area (Å²) in [5, 5.41) is 10.3. The number of rotatable bonds is 4. The first kappa shape index (κ1) is 17.4. The normalized spacial score (nSPS) is 11.5. The van der Waals surface area contributed by atoms with Gasteiger partial charge < -0.3 is 5.32 Å². The number of amides is 1. The molecule has 25 heavy (non-hydrogen) atoms. The molecule has 1 amide bonds. The second kappa shape index (κ2) is 6.80. The van der Waals surface area contributed by atoms with Crippen molar-refractivity contribution in [3.05, 3.63) is 74.6 Å². The smallest absolute Gasteiger partial charge is 0.272 e. The van der Waals surface area contributed by atoms with Gasteiger partial charge in [-0.25, -0.2) is 5.10 Å². The lowest BCUT2D eigenvalue weighted by atomic mass is 9.84. The lowest BCUT2D eigenvalue weighted by Gasteiger charge is -2.25. The van der Waals surface area contributed by atoms with Gasteiger partial charge in [-0.15, -0.1) is 0 Å². The van der Waals surface area contributed by atoms with Crippen LogP contribution >= 0.6 is 15.9 Å². The number of H-pyrrole nitrogens is 1. The van der Waals surface area contributed by atoms with Crippen LogP contribution in [0.25, 0.3) is 10.8 Å². The van der Waals surface area contributed by atoms with E-state index in [-0.39, 0.29) is 22.6 Å². The zero-order valence-corrected chi connectivity index (χ0v) is 15.6. The number of nitrogens with zero attached hydrogens (tertiary/aromatic N) is 1. The molecule has 3 rings (SSSR count). The Kier molecular flexibility index (Phi) is 4.72. The zero-order valence-electron chi connectivity index (χ0n) is 14.0. The van der Waals surface area contributed by atoms with Crippen LogP contribution in [-0.2, 0) is 5.41 Å². The Balaban J connectivity index is 1.82. The van der Waals surface area contributed by atoms with Crippen LogP contribution in [0.15, 0.2) is 57.8 Å². The van der Waals surface area contributed by atoms with Crippen LogP contribution in [0, 0.1) is 0 Å². The zero-order chi connectivity index (χ0) is 18.0. The Labute approximate surface area is 153 Å². The molecule has 0 bridgehead atoms. The number of aromatic amines is 1. The van der Waals surface area contributed by atoms with Crippen LogP contribution in [0.2, 0.25) is 0 Å². The van der Waals surface area contributed by atoms with Gasteiger partial charge in [0.05, 0.1) is 5.39 Å². The quantitative estimate of drug-likeness (QED) is 0.705. The summed E-state index contributed by atoms with van der Waals surface area (Å²) >= 11 is 3.43. The van der Waals surface area contributed by atoms with Gasteiger partial charge in [0.1, 0.15) is 0 Å². The lowest BCUT2D eigenvalue weighted by molar-refractivity contribution is 0.0941. The summed E-state index contributed by atoms with van der Waals surface area (Å²) in [7, 11) is 0. The van der Waals surface area contributed by atoms with Crippen molar-refractivity contribution in [3.63, 3.8) is 0 Å². The molecule has 5 nitrogen and oxygen atoms in total. The topological polar surface area (TPSA) is 74.8 Å². The Bertz CT molecular complexity index is 978.